The number of hydrogen-bond donors (Lipinski definition) is 2. The number of fused-ring (bicyclic) bond motifs is 1. The van der Waals surface area contributed by atoms with Gasteiger partial charge in [-0.25, -0.2) is 4.79 Å². The number of carboxylic acid groups (broad SMARTS) is 1. The first-order valence-corrected chi connectivity index (χ1v) is 8.12. The van der Waals surface area contributed by atoms with Crippen LogP contribution in [0.15, 0.2) is 24.3 Å². The van der Waals surface area contributed by atoms with Crippen LogP contribution in [0, 0.1) is 29.6 Å². The molecule has 2 aliphatic rings. The minimum atomic E-state index is -0.900. The third kappa shape index (κ3) is 3.76. The molecule has 6 atom stereocenters. The van der Waals surface area contributed by atoms with Crippen molar-refractivity contribution >= 4 is 5.97 Å². The summed E-state index contributed by atoms with van der Waals surface area (Å²) in [4.78, 5) is 10.5. The zero-order valence-corrected chi connectivity index (χ0v) is 13.3. The number of aliphatic carboxylic acids is 1. The molecular formula is C18H28O3. The second-order valence-electron chi connectivity index (χ2n) is 7.30. The van der Waals surface area contributed by atoms with E-state index in [9.17, 15) is 9.90 Å². The molecule has 0 heterocycles. The highest BCUT2D eigenvalue weighted by Crippen LogP contribution is 2.50. The molecular weight excluding hydrogens is 264 g/mol. The van der Waals surface area contributed by atoms with Crippen molar-refractivity contribution in [2.45, 2.75) is 52.1 Å². The predicted octanol–water partition coefficient (Wildman–Crippen LogP) is 3.64. The lowest BCUT2D eigenvalue weighted by Gasteiger charge is -2.50. The molecule has 0 bridgehead atoms. The summed E-state index contributed by atoms with van der Waals surface area (Å²) in [5, 5.41) is 19.4. The molecule has 0 aromatic heterocycles. The fourth-order valence-electron chi connectivity index (χ4n) is 4.61. The fourth-order valence-corrected chi connectivity index (χ4v) is 4.61. The van der Waals surface area contributed by atoms with Gasteiger partial charge in [0.1, 0.15) is 0 Å². The van der Waals surface area contributed by atoms with Crippen LogP contribution in [-0.4, -0.2) is 21.8 Å². The summed E-state index contributed by atoms with van der Waals surface area (Å²) in [5.74, 6) is 1.76. The van der Waals surface area contributed by atoms with Gasteiger partial charge in [-0.15, -0.1) is 0 Å². The molecule has 1 saturated carbocycles. The second kappa shape index (κ2) is 6.35. The van der Waals surface area contributed by atoms with E-state index in [0.717, 1.165) is 12.3 Å². The maximum absolute atomic E-state index is 10.7. The molecule has 0 radical (unpaired) electrons. The molecule has 1 fully saturated rings. The number of rotatable bonds is 4. The van der Waals surface area contributed by atoms with Crippen molar-refractivity contribution in [1.82, 2.24) is 0 Å². The van der Waals surface area contributed by atoms with Gasteiger partial charge < -0.3 is 10.2 Å². The Labute approximate surface area is 127 Å². The van der Waals surface area contributed by atoms with Crippen LogP contribution in [0.3, 0.4) is 0 Å². The Bertz CT molecular complexity index is 436. The fraction of sp³-hybridized carbons (Fsp3) is 0.722. The summed E-state index contributed by atoms with van der Waals surface area (Å²) < 4.78 is 0. The normalized spacial score (nSPS) is 43.0. The summed E-state index contributed by atoms with van der Waals surface area (Å²) in [6.07, 6.45) is 11.1. The first kappa shape index (κ1) is 16.3. The highest BCUT2D eigenvalue weighted by molar-refractivity contribution is 5.79. The maximum atomic E-state index is 10.7. The largest absolute Gasteiger partial charge is 0.478 e. The van der Waals surface area contributed by atoms with Gasteiger partial charge in [-0.2, -0.15) is 0 Å². The van der Waals surface area contributed by atoms with Crippen LogP contribution < -0.4 is 0 Å². The van der Waals surface area contributed by atoms with Crippen LogP contribution >= 0.6 is 0 Å². The van der Waals surface area contributed by atoms with Gasteiger partial charge in [0.2, 0.25) is 0 Å². The van der Waals surface area contributed by atoms with Crippen molar-refractivity contribution in [2.75, 3.05) is 0 Å². The summed E-state index contributed by atoms with van der Waals surface area (Å²) >= 11 is 0. The van der Waals surface area contributed by atoms with Crippen molar-refractivity contribution in [1.29, 1.82) is 0 Å². The number of aliphatic hydroxyl groups is 1. The molecule has 0 spiro atoms. The van der Waals surface area contributed by atoms with Gasteiger partial charge >= 0.3 is 5.97 Å². The Morgan fingerprint density at radius 3 is 2.76 bits per heavy atom. The lowest BCUT2D eigenvalue weighted by molar-refractivity contribution is -0.131. The van der Waals surface area contributed by atoms with Crippen LogP contribution in [0.1, 0.15) is 46.5 Å². The highest BCUT2D eigenvalue weighted by atomic mass is 16.4. The standard InChI is InChI=1S/C18H28O3/c1-12-10-13(2)17-14(11-12)8-9-18(3,21)15(17)6-4-5-7-16(19)20/h5,7-9,12-15,17,21H,4,6,10-11H2,1-3H3,(H,19,20)/b7-5+/t12-,13+,14-,15+,17-,18+/m0/s1. The van der Waals surface area contributed by atoms with Crippen LogP contribution in [-0.2, 0) is 4.79 Å². The molecule has 118 valence electrons. The summed E-state index contributed by atoms with van der Waals surface area (Å²) in [6.45, 7) is 6.52. The van der Waals surface area contributed by atoms with Gasteiger partial charge in [-0.3, -0.25) is 0 Å². The molecule has 0 aliphatic heterocycles. The SMILES string of the molecule is C[C@H]1C[C@@H](C)[C@@H]2[C@@H](CC/C=C/C(=O)O)[C@](C)(O)C=C[C@H]2C1. The van der Waals surface area contributed by atoms with E-state index in [4.69, 9.17) is 5.11 Å². The Morgan fingerprint density at radius 2 is 2.10 bits per heavy atom. The molecule has 0 aromatic rings. The van der Waals surface area contributed by atoms with Crippen molar-refractivity contribution in [3.8, 4) is 0 Å². The topological polar surface area (TPSA) is 57.5 Å². The zero-order valence-electron chi connectivity index (χ0n) is 13.3. The Hall–Kier alpha value is -1.09. The van der Waals surface area contributed by atoms with Crippen LogP contribution in [0.5, 0.6) is 0 Å². The number of hydrogen-bond acceptors (Lipinski definition) is 2. The second-order valence-corrected chi connectivity index (χ2v) is 7.30. The molecule has 3 heteroatoms. The van der Waals surface area contributed by atoms with Gasteiger partial charge in [0, 0.05) is 6.08 Å². The predicted molar refractivity (Wildman–Crippen MR) is 83.8 cm³/mol. The number of allylic oxidation sites excluding steroid dienone is 2. The van der Waals surface area contributed by atoms with Crippen LogP contribution in [0.2, 0.25) is 0 Å². The van der Waals surface area contributed by atoms with E-state index in [-0.39, 0.29) is 5.92 Å². The van der Waals surface area contributed by atoms with Crippen molar-refractivity contribution in [2.24, 2.45) is 29.6 Å². The molecule has 0 unspecified atom stereocenters. The molecule has 2 rings (SSSR count). The van der Waals surface area contributed by atoms with Gasteiger partial charge in [0.25, 0.3) is 0 Å². The highest BCUT2D eigenvalue weighted by Gasteiger charge is 2.46. The van der Waals surface area contributed by atoms with Crippen molar-refractivity contribution in [3.05, 3.63) is 24.3 Å². The average Bonchev–Trinajstić information content (AvgIpc) is 2.36. The molecule has 0 saturated heterocycles. The summed E-state index contributed by atoms with van der Waals surface area (Å²) in [5.41, 5.74) is -0.771. The van der Waals surface area contributed by atoms with E-state index in [0.29, 0.717) is 24.2 Å². The summed E-state index contributed by atoms with van der Waals surface area (Å²) in [6, 6.07) is 0. The third-order valence-electron chi connectivity index (χ3n) is 5.40. The van der Waals surface area contributed by atoms with Crippen molar-refractivity contribution in [3.63, 3.8) is 0 Å². The minimum absolute atomic E-state index is 0.216. The number of carbonyl (C=O) groups is 1. The van der Waals surface area contributed by atoms with Crippen molar-refractivity contribution < 1.29 is 15.0 Å². The maximum Gasteiger partial charge on any atom is 0.327 e. The quantitative estimate of drug-likeness (QED) is 0.614. The van der Waals surface area contributed by atoms with E-state index in [1.54, 1.807) is 6.08 Å². The van der Waals surface area contributed by atoms with Gasteiger partial charge in [0.15, 0.2) is 0 Å². The lowest BCUT2D eigenvalue weighted by atomic mass is 9.57. The van der Waals surface area contributed by atoms with E-state index in [1.165, 1.54) is 18.9 Å². The molecule has 2 N–H and O–H groups in total. The number of carboxylic acids is 1. The molecule has 2 aliphatic carbocycles. The Kier molecular flexibility index (Phi) is 4.92. The first-order chi connectivity index (χ1) is 9.81. The molecule has 21 heavy (non-hydrogen) atoms. The average molecular weight is 292 g/mol. The van der Waals surface area contributed by atoms with E-state index >= 15 is 0 Å². The van der Waals surface area contributed by atoms with Gasteiger partial charge in [-0.1, -0.05) is 32.1 Å². The smallest absolute Gasteiger partial charge is 0.327 e. The first-order valence-electron chi connectivity index (χ1n) is 8.12. The molecule has 3 nitrogen and oxygen atoms in total. The van der Waals surface area contributed by atoms with E-state index in [1.807, 2.05) is 13.0 Å². The monoisotopic (exact) mass is 292 g/mol. The Balaban J connectivity index is 2.12. The molecule has 0 aromatic carbocycles. The van der Waals surface area contributed by atoms with Crippen LogP contribution in [0.4, 0.5) is 0 Å². The minimum Gasteiger partial charge on any atom is -0.478 e. The lowest BCUT2D eigenvalue weighted by Crippen LogP contribution is -2.47. The van der Waals surface area contributed by atoms with Gasteiger partial charge in [0.05, 0.1) is 5.60 Å². The summed E-state index contributed by atoms with van der Waals surface area (Å²) in [7, 11) is 0. The third-order valence-corrected chi connectivity index (χ3v) is 5.40. The molecule has 0 amide bonds. The van der Waals surface area contributed by atoms with E-state index < -0.39 is 11.6 Å². The zero-order chi connectivity index (χ0) is 15.6. The van der Waals surface area contributed by atoms with Gasteiger partial charge in [-0.05, 0) is 62.2 Å². The van der Waals surface area contributed by atoms with Crippen LogP contribution in [0.25, 0.3) is 0 Å². The Morgan fingerprint density at radius 1 is 1.38 bits per heavy atom. The van der Waals surface area contributed by atoms with E-state index in [2.05, 4.69) is 19.9 Å².